The van der Waals surface area contributed by atoms with Crippen LogP contribution >= 0.6 is 0 Å². The van der Waals surface area contributed by atoms with E-state index in [0.717, 1.165) is 17.0 Å². The van der Waals surface area contributed by atoms with Gasteiger partial charge in [-0.05, 0) is 30.7 Å². The Morgan fingerprint density at radius 3 is 2.17 bits per heavy atom. The normalized spacial score (nSPS) is 11.5. The molecule has 2 aromatic heterocycles. The van der Waals surface area contributed by atoms with Crippen molar-refractivity contribution in [1.82, 2.24) is 9.97 Å². The van der Waals surface area contributed by atoms with E-state index < -0.39 is 20.2 Å². The second kappa shape index (κ2) is 13.3. The number of aromatic nitrogens is 2. The molecule has 4 aromatic carbocycles. The van der Waals surface area contributed by atoms with E-state index in [2.05, 4.69) is 133 Å². The molecule has 0 bridgehead atoms. The molecule has 1 aliphatic heterocycles. The fraction of sp³-hybridized carbons (Fsp3) is 0.105. The first-order chi connectivity index (χ1) is 20.0. The molecule has 0 amide bonds. The van der Waals surface area contributed by atoms with Crippen molar-refractivity contribution in [2.45, 2.75) is 25.6 Å². The van der Waals surface area contributed by atoms with Crippen molar-refractivity contribution in [3.8, 4) is 44.8 Å². The van der Waals surface area contributed by atoms with Gasteiger partial charge in [0.2, 0.25) is 0 Å². The van der Waals surface area contributed by atoms with E-state index >= 15 is 0 Å². The second-order valence-corrected chi connectivity index (χ2v) is 16.2. The largest absolute Gasteiger partial charge is 0 e. The van der Waals surface area contributed by atoms with Crippen LogP contribution < -0.4 is 7.02 Å². The Labute approximate surface area is 270 Å². The van der Waals surface area contributed by atoms with Crippen molar-refractivity contribution in [2.24, 2.45) is 0 Å². The average Bonchev–Trinajstić information content (AvgIpc) is 3.32. The van der Waals surface area contributed by atoms with Crippen molar-refractivity contribution >= 4 is 27.2 Å². The minimum atomic E-state index is -1.61. The van der Waals surface area contributed by atoms with E-state index in [4.69, 9.17) is 0 Å². The van der Waals surface area contributed by atoms with Crippen molar-refractivity contribution in [3.05, 3.63) is 144 Å². The van der Waals surface area contributed by atoms with Crippen molar-refractivity contribution < 1.29 is 20.1 Å². The van der Waals surface area contributed by atoms with Gasteiger partial charge in [-0.1, -0.05) is 54.4 Å². The molecule has 0 saturated heterocycles. The van der Waals surface area contributed by atoms with Crippen LogP contribution in [-0.4, -0.2) is 30.2 Å². The molecular formula is C38H31IrN2Sb-2. The second-order valence-electron chi connectivity index (χ2n) is 10.4. The van der Waals surface area contributed by atoms with Crippen LogP contribution in [-0.2, 0) is 20.1 Å². The summed E-state index contributed by atoms with van der Waals surface area (Å²) < 4.78 is 3.12. The standard InChI is InChI=1S/C20H18N.C17H10N.CH3.Ir.Sb/c1-14-9-10-18(20-11-15(2)16(3)13-21-20)12-19(14)17-7-5-4-6-8-17;1-2-7-14(8-3-1)15-9-6-10-16(13-15)17-11-4-5-12-18-17;;;/h4-9,11-13H,1-3H3;1-7,9,11-12H;1H3;;/q2*-1;;;. The molecular weight excluding hydrogens is 798 g/mol. The number of pyridine rings is 2. The maximum Gasteiger partial charge on any atom is 0 e. The number of nitrogens with zero attached hydrogens (tertiary/aromatic N) is 2. The van der Waals surface area contributed by atoms with Crippen LogP contribution in [0.1, 0.15) is 16.7 Å². The number of rotatable bonds is 3. The maximum absolute atomic E-state index is 4.54. The molecule has 6 aromatic rings. The van der Waals surface area contributed by atoms with Gasteiger partial charge < -0.3 is 4.98 Å². The maximum atomic E-state index is 4.54. The third-order valence-corrected chi connectivity index (χ3v) is 14.1. The number of benzene rings is 4. The molecule has 0 fully saturated rings. The van der Waals surface area contributed by atoms with Crippen LogP contribution in [0.3, 0.4) is 0 Å². The first-order valence-electron chi connectivity index (χ1n) is 13.8. The number of aryl methyl sites for hydroxylation is 3. The number of fused-ring (bicyclic) bond motifs is 3. The number of hydrogen-bond donors (Lipinski definition) is 0. The summed E-state index contributed by atoms with van der Waals surface area (Å²) in [4.78, 5) is 11.5. The number of hydrogen-bond acceptors (Lipinski definition) is 2. The molecule has 3 heterocycles. The fourth-order valence-corrected chi connectivity index (χ4v) is 11.5. The summed E-state index contributed by atoms with van der Waals surface area (Å²) in [6.07, 6.45) is 3.79. The van der Waals surface area contributed by atoms with Crippen LogP contribution in [0.2, 0.25) is 4.87 Å². The summed E-state index contributed by atoms with van der Waals surface area (Å²) in [5.74, 6) is 0. The molecule has 209 valence electrons. The van der Waals surface area contributed by atoms with E-state index in [1.54, 1.807) is 3.51 Å². The van der Waals surface area contributed by atoms with Crippen LogP contribution in [0.15, 0.2) is 116 Å². The monoisotopic (exact) mass is 829 g/mol. The quantitative estimate of drug-likeness (QED) is 0.134. The Balaban J connectivity index is 0.000000164. The van der Waals surface area contributed by atoms with Crippen molar-refractivity contribution in [2.75, 3.05) is 0 Å². The van der Waals surface area contributed by atoms with Gasteiger partial charge in [0.1, 0.15) is 0 Å². The summed E-state index contributed by atoms with van der Waals surface area (Å²) in [7, 11) is 0. The zero-order valence-electron chi connectivity index (χ0n) is 24.1. The van der Waals surface area contributed by atoms with Gasteiger partial charge in [0.05, 0.1) is 0 Å². The smallest absolute Gasteiger partial charge is 0 e. The molecule has 0 saturated carbocycles. The van der Waals surface area contributed by atoms with Gasteiger partial charge in [0.15, 0.2) is 0 Å². The van der Waals surface area contributed by atoms with Gasteiger partial charge in [-0.2, -0.15) is 0 Å². The van der Waals surface area contributed by atoms with Crippen molar-refractivity contribution in [1.29, 1.82) is 0 Å². The Bertz CT molecular complexity index is 1830. The van der Waals surface area contributed by atoms with Gasteiger partial charge in [0.25, 0.3) is 0 Å². The third kappa shape index (κ3) is 6.06. The molecule has 0 aliphatic carbocycles. The molecule has 1 radical (unpaired) electrons. The predicted molar refractivity (Wildman–Crippen MR) is 173 cm³/mol. The Morgan fingerprint density at radius 2 is 1.40 bits per heavy atom. The van der Waals surface area contributed by atoms with Gasteiger partial charge in [-0.15, -0.1) is 29.3 Å². The minimum absolute atomic E-state index is 0. The van der Waals surface area contributed by atoms with Gasteiger partial charge in [-0.3, -0.25) is 0 Å². The molecule has 0 N–H and O–H groups in total. The van der Waals surface area contributed by atoms with E-state index in [-0.39, 0.29) is 20.1 Å². The van der Waals surface area contributed by atoms with E-state index in [1.165, 1.54) is 48.0 Å². The summed E-state index contributed by atoms with van der Waals surface area (Å²) in [6.45, 7) is 6.32. The molecule has 4 heteroatoms. The summed E-state index contributed by atoms with van der Waals surface area (Å²) in [6, 6.07) is 42.8. The van der Waals surface area contributed by atoms with Crippen LogP contribution in [0.5, 0.6) is 0 Å². The Hall–Kier alpha value is -3.35. The molecule has 1 aliphatic rings. The topological polar surface area (TPSA) is 25.8 Å². The first-order valence-corrected chi connectivity index (χ1v) is 18.9. The molecule has 0 atom stereocenters. The summed E-state index contributed by atoms with van der Waals surface area (Å²) in [5.41, 5.74) is 13.3. The van der Waals surface area contributed by atoms with E-state index in [1.807, 2.05) is 30.6 Å². The van der Waals surface area contributed by atoms with Crippen LogP contribution in [0.4, 0.5) is 0 Å². The Morgan fingerprint density at radius 1 is 0.643 bits per heavy atom. The van der Waals surface area contributed by atoms with Gasteiger partial charge in [-0.25, -0.2) is 0 Å². The summed E-state index contributed by atoms with van der Waals surface area (Å²) >= 11 is -1.61. The third-order valence-electron chi connectivity index (χ3n) is 7.67. The Kier molecular flexibility index (Phi) is 9.54. The average molecular weight is 830 g/mol. The molecule has 7 rings (SSSR count). The zero-order chi connectivity index (χ0) is 28.3. The molecule has 2 nitrogen and oxygen atoms in total. The molecule has 42 heavy (non-hydrogen) atoms. The minimum Gasteiger partial charge on any atom is 0 e. The SMILES string of the molecule is Cc1cnc(-c2[c-]cc(C)c(-c3ccccc3)c2)cc1C.[CH3][Sb]1[c]2ccccc2-c2cc[c-]c(-c3ccccn3)[c]21.[Ir]. The van der Waals surface area contributed by atoms with Crippen LogP contribution in [0, 0.1) is 32.9 Å². The zero-order valence-corrected chi connectivity index (χ0v) is 29.1. The van der Waals surface area contributed by atoms with E-state index in [9.17, 15) is 0 Å². The predicted octanol–water partition coefficient (Wildman–Crippen LogP) is 7.91. The van der Waals surface area contributed by atoms with Gasteiger partial charge in [0, 0.05) is 26.3 Å². The van der Waals surface area contributed by atoms with E-state index in [0.29, 0.717) is 0 Å². The summed E-state index contributed by atoms with van der Waals surface area (Å²) in [5, 5.41) is 0. The van der Waals surface area contributed by atoms with Gasteiger partial charge >= 0.3 is 126 Å². The van der Waals surface area contributed by atoms with Crippen molar-refractivity contribution in [3.63, 3.8) is 0 Å². The van der Waals surface area contributed by atoms with Crippen LogP contribution in [0.25, 0.3) is 44.8 Å². The molecule has 0 unspecified atom stereocenters. The molecule has 0 spiro atoms. The fourth-order valence-electron chi connectivity index (χ4n) is 5.29. The first kappa shape index (κ1) is 30.1.